The van der Waals surface area contributed by atoms with Gasteiger partial charge >= 0.3 is 0 Å². The SMILES string of the molecule is COc1cc(C2CC(=O)NC3=C2C(=O)CC(c2ccc(C(C)(C)C)cc2)C3)cc(Cl)c1O. The predicted molar refractivity (Wildman–Crippen MR) is 124 cm³/mol. The average molecular weight is 454 g/mol. The Kier molecular flexibility index (Phi) is 5.80. The number of allylic oxidation sites excluding steroid dienone is 2. The van der Waals surface area contributed by atoms with Crippen molar-refractivity contribution in [3.05, 3.63) is 69.4 Å². The Balaban J connectivity index is 1.69. The molecule has 2 aromatic rings. The van der Waals surface area contributed by atoms with Gasteiger partial charge in [0.15, 0.2) is 17.3 Å². The second kappa shape index (κ2) is 8.28. The van der Waals surface area contributed by atoms with Gasteiger partial charge in [-0.3, -0.25) is 9.59 Å². The van der Waals surface area contributed by atoms with Crippen LogP contribution in [0.1, 0.15) is 68.6 Å². The Labute approximate surface area is 193 Å². The van der Waals surface area contributed by atoms with E-state index in [1.807, 2.05) is 0 Å². The number of amides is 1. The van der Waals surface area contributed by atoms with Crippen molar-refractivity contribution < 1.29 is 19.4 Å². The third kappa shape index (κ3) is 4.14. The lowest BCUT2D eigenvalue weighted by atomic mass is 9.73. The summed E-state index contributed by atoms with van der Waals surface area (Å²) in [6.07, 6.45) is 1.14. The molecule has 2 N–H and O–H groups in total. The fraction of sp³-hybridized carbons (Fsp3) is 0.385. The molecule has 32 heavy (non-hydrogen) atoms. The Morgan fingerprint density at radius 2 is 1.72 bits per heavy atom. The van der Waals surface area contributed by atoms with Gasteiger partial charge in [0.25, 0.3) is 0 Å². The Hall–Kier alpha value is -2.79. The molecule has 0 spiro atoms. The zero-order valence-electron chi connectivity index (χ0n) is 18.8. The van der Waals surface area contributed by atoms with Crippen LogP contribution in [-0.2, 0) is 15.0 Å². The molecule has 1 heterocycles. The summed E-state index contributed by atoms with van der Waals surface area (Å²) in [7, 11) is 1.44. The number of benzene rings is 2. The van der Waals surface area contributed by atoms with Crippen LogP contribution in [0.5, 0.6) is 11.5 Å². The summed E-state index contributed by atoms with van der Waals surface area (Å²) in [6, 6.07) is 11.7. The minimum Gasteiger partial charge on any atom is -0.503 e. The highest BCUT2D eigenvalue weighted by molar-refractivity contribution is 6.32. The quantitative estimate of drug-likeness (QED) is 0.656. The van der Waals surface area contributed by atoms with E-state index in [9.17, 15) is 14.7 Å². The molecular weight excluding hydrogens is 426 g/mol. The summed E-state index contributed by atoms with van der Waals surface area (Å²) < 4.78 is 5.22. The molecule has 1 aliphatic heterocycles. The number of phenols is 1. The first kappa shape index (κ1) is 22.4. The van der Waals surface area contributed by atoms with Crippen molar-refractivity contribution in [2.45, 2.75) is 57.3 Å². The second-order valence-electron chi connectivity index (χ2n) is 9.65. The van der Waals surface area contributed by atoms with Crippen molar-refractivity contribution in [1.29, 1.82) is 0 Å². The first-order valence-corrected chi connectivity index (χ1v) is 11.2. The van der Waals surface area contributed by atoms with E-state index in [-0.39, 0.29) is 46.0 Å². The Morgan fingerprint density at radius 1 is 1.03 bits per heavy atom. The molecular formula is C26H28ClNO4. The molecule has 2 unspecified atom stereocenters. The number of methoxy groups -OCH3 is 1. The number of aromatic hydroxyl groups is 1. The standard InChI is InChI=1S/C26H28ClNO4/c1-26(2,3)17-7-5-14(6-8-17)15-10-20-24(21(29)11-15)18(13-23(30)28-20)16-9-19(27)25(31)22(12-16)32-4/h5-9,12,15,18,31H,10-11,13H2,1-4H3,(H,28,30). The summed E-state index contributed by atoms with van der Waals surface area (Å²) in [5.41, 5.74) is 4.42. The van der Waals surface area contributed by atoms with E-state index in [1.54, 1.807) is 12.1 Å². The van der Waals surface area contributed by atoms with Crippen LogP contribution in [0.3, 0.4) is 0 Å². The van der Waals surface area contributed by atoms with Gasteiger partial charge in [0.05, 0.1) is 12.1 Å². The van der Waals surface area contributed by atoms with Crippen LogP contribution in [0.4, 0.5) is 0 Å². The molecule has 1 aliphatic carbocycles. The maximum atomic E-state index is 13.3. The molecule has 0 radical (unpaired) electrons. The van der Waals surface area contributed by atoms with Gasteiger partial charge in [-0.2, -0.15) is 0 Å². The van der Waals surface area contributed by atoms with Crippen LogP contribution in [0, 0.1) is 0 Å². The Morgan fingerprint density at radius 3 is 2.34 bits per heavy atom. The molecule has 1 amide bonds. The van der Waals surface area contributed by atoms with Crippen LogP contribution in [0.25, 0.3) is 0 Å². The maximum Gasteiger partial charge on any atom is 0.225 e. The number of nitrogens with one attached hydrogen (secondary N) is 1. The van der Waals surface area contributed by atoms with Crippen LogP contribution in [0.2, 0.25) is 5.02 Å². The highest BCUT2D eigenvalue weighted by atomic mass is 35.5. The van der Waals surface area contributed by atoms with Crippen LogP contribution in [-0.4, -0.2) is 23.9 Å². The molecule has 0 fully saturated rings. The van der Waals surface area contributed by atoms with Gasteiger partial charge in [0, 0.05) is 30.0 Å². The molecule has 0 aromatic heterocycles. The van der Waals surface area contributed by atoms with Gasteiger partial charge in [-0.15, -0.1) is 0 Å². The summed E-state index contributed by atoms with van der Waals surface area (Å²) in [4.78, 5) is 25.9. The molecule has 0 bridgehead atoms. The van der Waals surface area contributed by atoms with E-state index in [4.69, 9.17) is 16.3 Å². The van der Waals surface area contributed by atoms with E-state index >= 15 is 0 Å². The molecule has 0 saturated carbocycles. The lowest BCUT2D eigenvalue weighted by Crippen LogP contribution is -2.38. The average Bonchev–Trinajstić information content (AvgIpc) is 2.74. The molecule has 2 aromatic carbocycles. The smallest absolute Gasteiger partial charge is 0.225 e. The first-order chi connectivity index (χ1) is 15.1. The minimum absolute atomic E-state index is 0.0206. The van der Waals surface area contributed by atoms with E-state index in [0.717, 1.165) is 5.56 Å². The van der Waals surface area contributed by atoms with Gasteiger partial charge in [-0.1, -0.05) is 56.6 Å². The van der Waals surface area contributed by atoms with E-state index in [0.29, 0.717) is 29.7 Å². The topological polar surface area (TPSA) is 75.6 Å². The van der Waals surface area contributed by atoms with Gasteiger partial charge in [-0.05, 0) is 46.6 Å². The highest BCUT2D eigenvalue weighted by Crippen LogP contribution is 2.45. The normalized spacial score (nSPS) is 21.3. The fourth-order valence-electron chi connectivity index (χ4n) is 4.69. The number of ketones is 1. The van der Waals surface area contributed by atoms with Crippen molar-refractivity contribution in [2.24, 2.45) is 0 Å². The summed E-state index contributed by atoms with van der Waals surface area (Å²) in [5.74, 6) is -0.422. The van der Waals surface area contributed by atoms with Crippen LogP contribution in [0.15, 0.2) is 47.7 Å². The zero-order chi connectivity index (χ0) is 23.2. The second-order valence-corrected chi connectivity index (χ2v) is 10.1. The molecule has 0 saturated heterocycles. The molecule has 168 valence electrons. The van der Waals surface area contributed by atoms with E-state index in [1.165, 1.54) is 12.7 Å². The number of hydrogen-bond acceptors (Lipinski definition) is 4. The molecule has 2 aliphatic rings. The molecule has 4 rings (SSSR count). The van der Waals surface area contributed by atoms with Gasteiger partial charge in [-0.25, -0.2) is 0 Å². The van der Waals surface area contributed by atoms with Crippen molar-refractivity contribution in [1.82, 2.24) is 5.32 Å². The number of ether oxygens (including phenoxy) is 1. The van der Waals surface area contributed by atoms with Gasteiger partial charge in [0.1, 0.15) is 0 Å². The van der Waals surface area contributed by atoms with Crippen molar-refractivity contribution in [2.75, 3.05) is 7.11 Å². The van der Waals surface area contributed by atoms with Gasteiger partial charge < -0.3 is 15.2 Å². The summed E-state index contributed by atoms with van der Waals surface area (Å²) >= 11 is 6.18. The van der Waals surface area contributed by atoms with Gasteiger partial charge in [0.2, 0.25) is 5.91 Å². The van der Waals surface area contributed by atoms with Crippen LogP contribution >= 0.6 is 11.6 Å². The van der Waals surface area contributed by atoms with Crippen molar-refractivity contribution in [3.63, 3.8) is 0 Å². The highest BCUT2D eigenvalue weighted by Gasteiger charge is 2.38. The fourth-order valence-corrected chi connectivity index (χ4v) is 4.91. The van der Waals surface area contributed by atoms with Crippen molar-refractivity contribution in [3.8, 4) is 11.5 Å². The maximum absolute atomic E-state index is 13.3. The number of hydrogen-bond donors (Lipinski definition) is 2. The molecule has 6 heteroatoms. The lowest BCUT2D eigenvalue weighted by molar-refractivity contribution is -0.122. The number of phenolic OH excluding ortho intramolecular Hbond substituents is 1. The third-order valence-electron chi connectivity index (χ3n) is 6.46. The lowest BCUT2D eigenvalue weighted by Gasteiger charge is -2.34. The number of rotatable bonds is 3. The minimum atomic E-state index is -0.414. The monoisotopic (exact) mass is 453 g/mol. The van der Waals surface area contributed by atoms with Crippen LogP contribution < -0.4 is 10.1 Å². The summed E-state index contributed by atoms with van der Waals surface area (Å²) in [6.45, 7) is 6.52. The first-order valence-electron chi connectivity index (χ1n) is 10.8. The number of carbonyl (C=O) groups is 2. The van der Waals surface area contributed by atoms with E-state index < -0.39 is 5.92 Å². The third-order valence-corrected chi connectivity index (χ3v) is 6.75. The number of Topliss-reactive ketones (excluding diaryl/α,β-unsaturated/α-hetero) is 1. The largest absolute Gasteiger partial charge is 0.503 e. The number of carbonyl (C=O) groups excluding carboxylic acids is 2. The number of halogens is 1. The van der Waals surface area contributed by atoms with Crippen molar-refractivity contribution >= 4 is 23.3 Å². The van der Waals surface area contributed by atoms with E-state index in [2.05, 4.69) is 50.4 Å². The predicted octanol–water partition coefficient (Wildman–Crippen LogP) is 5.36. The molecule has 2 atom stereocenters. The Bertz CT molecular complexity index is 1110. The zero-order valence-corrected chi connectivity index (χ0v) is 19.5. The summed E-state index contributed by atoms with van der Waals surface area (Å²) in [5, 5.41) is 13.1. The molecule has 5 nitrogen and oxygen atoms in total.